The van der Waals surface area contributed by atoms with Crippen LogP contribution >= 0.6 is 11.6 Å². The zero-order valence-electron chi connectivity index (χ0n) is 20.8. The van der Waals surface area contributed by atoms with Gasteiger partial charge in [-0.05, 0) is 55.0 Å². The molecular formula is C28H30ClFN4O3. The van der Waals surface area contributed by atoms with E-state index in [1.54, 1.807) is 38.3 Å². The molecule has 0 aliphatic carbocycles. The summed E-state index contributed by atoms with van der Waals surface area (Å²) in [6.07, 6.45) is 0. The molecule has 0 bridgehead atoms. The van der Waals surface area contributed by atoms with Gasteiger partial charge in [-0.25, -0.2) is 4.39 Å². The molecule has 0 aromatic heterocycles. The SMILES string of the molecule is COc1ccccc1N1CCN(c2ccc(NC(=O)C(C)Cl)cc2C(=O)NCc2ccc(F)cc2)CC1. The van der Waals surface area contributed by atoms with Crippen LogP contribution in [0.3, 0.4) is 0 Å². The summed E-state index contributed by atoms with van der Waals surface area (Å²) < 4.78 is 18.8. The highest BCUT2D eigenvalue weighted by Crippen LogP contribution is 2.31. The molecule has 1 fully saturated rings. The average Bonchev–Trinajstić information content (AvgIpc) is 2.92. The van der Waals surface area contributed by atoms with Gasteiger partial charge in [0.1, 0.15) is 16.9 Å². The van der Waals surface area contributed by atoms with Crippen molar-refractivity contribution in [1.82, 2.24) is 5.32 Å². The standard InChI is InChI=1S/C28H30ClFN4O3/c1-19(29)27(35)32-22-11-12-24(23(17-22)28(36)31-18-20-7-9-21(30)10-8-20)33-13-15-34(16-14-33)25-5-3-4-6-26(25)37-2/h3-12,17,19H,13-16,18H2,1-2H3,(H,31,36)(H,32,35). The van der Waals surface area contributed by atoms with Crippen LogP contribution in [0, 0.1) is 5.82 Å². The number of para-hydroxylation sites is 2. The number of benzene rings is 3. The van der Waals surface area contributed by atoms with Gasteiger partial charge >= 0.3 is 0 Å². The minimum atomic E-state index is -0.710. The van der Waals surface area contributed by atoms with Crippen molar-refractivity contribution in [3.63, 3.8) is 0 Å². The fourth-order valence-electron chi connectivity index (χ4n) is 4.27. The second-order valence-corrected chi connectivity index (χ2v) is 9.45. The van der Waals surface area contributed by atoms with Crippen molar-refractivity contribution in [2.75, 3.05) is 48.4 Å². The van der Waals surface area contributed by atoms with Crippen molar-refractivity contribution in [2.24, 2.45) is 0 Å². The Labute approximate surface area is 221 Å². The second kappa shape index (κ2) is 12.0. The van der Waals surface area contributed by atoms with E-state index in [1.807, 2.05) is 30.3 Å². The van der Waals surface area contributed by atoms with Crippen LogP contribution < -0.4 is 25.2 Å². The summed E-state index contributed by atoms with van der Waals surface area (Å²) in [7, 11) is 1.66. The molecule has 9 heteroatoms. The molecule has 3 aromatic rings. The molecule has 2 amide bonds. The third-order valence-corrected chi connectivity index (χ3v) is 6.48. The number of amides is 2. The molecule has 0 saturated carbocycles. The van der Waals surface area contributed by atoms with Crippen LogP contribution in [0.4, 0.5) is 21.5 Å². The van der Waals surface area contributed by atoms with E-state index in [1.165, 1.54) is 12.1 Å². The monoisotopic (exact) mass is 524 g/mol. The lowest BCUT2D eigenvalue weighted by atomic mass is 10.1. The molecule has 0 spiro atoms. The number of anilines is 3. The largest absolute Gasteiger partial charge is 0.495 e. The van der Waals surface area contributed by atoms with E-state index < -0.39 is 5.38 Å². The molecule has 1 heterocycles. The van der Waals surface area contributed by atoms with E-state index in [0.29, 0.717) is 24.3 Å². The van der Waals surface area contributed by atoms with Crippen molar-refractivity contribution in [1.29, 1.82) is 0 Å². The first-order chi connectivity index (χ1) is 17.9. The summed E-state index contributed by atoms with van der Waals surface area (Å²) in [6, 6.07) is 19.2. The van der Waals surface area contributed by atoms with E-state index in [-0.39, 0.29) is 24.2 Å². The fraction of sp³-hybridized carbons (Fsp3) is 0.286. The Balaban J connectivity index is 1.53. The highest BCUT2D eigenvalue weighted by atomic mass is 35.5. The summed E-state index contributed by atoms with van der Waals surface area (Å²) in [6.45, 7) is 4.72. The molecule has 194 valence electrons. The van der Waals surface area contributed by atoms with Gasteiger partial charge in [0.05, 0.1) is 18.4 Å². The van der Waals surface area contributed by atoms with Gasteiger partial charge < -0.3 is 25.2 Å². The summed E-state index contributed by atoms with van der Waals surface area (Å²) >= 11 is 5.91. The van der Waals surface area contributed by atoms with Crippen LogP contribution in [0.5, 0.6) is 5.75 Å². The van der Waals surface area contributed by atoms with Gasteiger partial charge in [0.25, 0.3) is 5.91 Å². The molecule has 1 atom stereocenters. The maximum Gasteiger partial charge on any atom is 0.253 e. The number of hydrogen-bond acceptors (Lipinski definition) is 5. The number of nitrogens with zero attached hydrogens (tertiary/aromatic N) is 2. The maximum absolute atomic E-state index is 13.3. The lowest BCUT2D eigenvalue weighted by Crippen LogP contribution is -2.47. The number of carbonyl (C=O) groups excluding carboxylic acids is 2. The second-order valence-electron chi connectivity index (χ2n) is 8.79. The van der Waals surface area contributed by atoms with Crippen LogP contribution in [-0.4, -0.2) is 50.5 Å². The Morgan fingerprint density at radius 1 is 0.973 bits per heavy atom. The Kier molecular flexibility index (Phi) is 8.50. The fourth-order valence-corrected chi connectivity index (χ4v) is 4.33. The van der Waals surface area contributed by atoms with Gasteiger partial charge in [-0.1, -0.05) is 24.3 Å². The van der Waals surface area contributed by atoms with Crippen molar-refractivity contribution in [3.8, 4) is 5.75 Å². The molecule has 37 heavy (non-hydrogen) atoms. The smallest absolute Gasteiger partial charge is 0.253 e. The van der Waals surface area contributed by atoms with Crippen molar-refractivity contribution in [3.05, 3.63) is 83.7 Å². The number of halogens is 2. The van der Waals surface area contributed by atoms with Gasteiger partial charge in [-0.2, -0.15) is 0 Å². The van der Waals surface area contributed by atoms with Crippen LogP contribution in [0.2, 0.25) is 0 Å². The molecule has 0 radical (unpaired) electrons. The highest BCUT2D eigenvalue weighted by molar-refractivity contribution is 6.32. The summed E-state index contributed by atoms with van der Waals surface area (Å²) in [5.41, 5.74) is 3.51. The first kappa shape index (κ1) is 26.3. The van der Waals surface area contributed by atoms with E-state index in [9.17, 15) is 14.0 Å². The van der Waals surface area contributed by atoms with Gasteiger partial charge in [-0.3, -0.25) is 9.59 Å². The van der Waals surface area contributed by atoms with E-state index >= 15 is 0 Å². The summed E-state index contributed by atoms with van der Waals surface area (Å²) in [5, 5.41) is 4.96. The highest BCUT2D eigenvalue weighted by Gasteiger charge is 2.24. The van der Waals surface area contributed by atoms with Crippen LogP contribution in [0.25, 0.3) is 0 Å². The van der Waals surface area contributed by atoms with E-state index in [2.05, 4.69) is 20.4 Å². The van der Waals surface area contributed by atoms with Gasteiger partial charge in [0, 0.05) is 44.1 Å². The van der Waals surface area contributed by atoms with Crippen molar-refractivity contribution in [2.45, 2.75) is 18.8 Å². The maximum atomic E-state index is 13.3. The minimum Gasteiger partial charge on any atom is -0.495 e. The number of ether oxygens (including phenoxy) is 1. The van der Waals surface area contributed by atoms with E-state index in [4.69, 9.17) is 16.3 Å². The van der Waals surface area contributed by atoms with Crippen molar-refractivity contribution < 1.29 is 18.7 Å². The molecule has 1 unspecified atom stereocenters. The van der Waals surface area contributed by atoms with Crippen LogP contribution in [0.1, 0.15) is 22.8 Å². The lowest BCUT2D eigenvalue weighted by molar-refractivity contribution is -0.115. The predicted molar refractivity (Wildman–Crippen MR) is 145 cm³/mol. The van der Waals surface area contributed by atoms with Crippen LogP contribution in [0.15, 0.2) is 66.7 Å². The zero-order chi connectivity index (χ0) is 26.4. The Morgan fingerprint density at radius 2 is 1.62 bits per heavy atom. The topological polar surface area (TPSA) is 73.9 Å². The molecule has 4 rings (SSSR count). The summed E-state index contributed by atoms with van der Waals surface area (Å²) in [5.74, 6) is -0.147. The van der Waals surface area contributed by atoms with Crippen LogP contribution in [-0.2, 0) is 11.3 Å². The number of hydrogen-bond donors (Lipinski definition) is 2. The quantitative estimate of drug-likeness (QED) is 0.419. The number of methoxy groups -OCH3 is 1. The lowest BCUT2D eigenvalue weighted by Gasteiger charge is -2.38. The van der Waals surface area contributed by atoms with Crippen molar-refractivity contribution >= 4 is 40.5 Å². The zero-order valence-corrected chi connectivity index (χ0v) is 21.6. The van der Waals surface area contributed by atoms with Gasteiger partial charge in [0.15, 0.2) is 0 Å². The van der Waals surface area contributed by atoms with E-state index in [0.717, 1.165) is 35.8 Å². The molecule has 3 aromatic carbocycles. The Bertz CT molecular complexity index is 1240. The molecular weight excluding hydrogens is 495 g/mol. The first-order valence-electron chi connectivity index (χ1n) is 12.1. The number of rotatable bonds is 8. The minimum absolute atomic E-state index is 0.245. The first-order valence-corrected chi connectivity index (χ1v) is 12.5. The number of alkyl halides is 1. The Hall–Kier alpha value is -3.78. The predicted octanol–water partition coefficient (Wildman–Crippen LogP) is 4.66. The van der Waals surface area contributed by atoms with Gasteiger partial charge in [0.2, 0.25) is 5.91 Å². The molecule has 2 N–H and O–H groups in total. The molecule has 7 nitrogen and oxygen atoms in total. The number of piperazine rings is 1. The number of carbonyl (C=O) groups is 2. The third-order valence-electron chi connectivity index (χ3n) is 6.28. The summed E-state index contributed by atoms with van der Waals surface area (Å²) in [4.78, 5) is 29.9. The normalized spacial score (nSPS) is 14.2. The Morgan fingerprint density at radius 3 is 2.27 bits per heavy atom. The average molecular weight is 525 g/mol. The number of nitrogens with one attached hydrogen (secondary N) is 2. The molecule has 1 saturated heterocycles. The molecule has 1 aliphatic heterocycles. The van der Waals surface area contributed by atoms with Gasteiger partial charge in [-0.15, -0.1) is 11.6 Å². The third kappa shape index (κ3) is 6.51. The molecule has 1 aliphatic rings.